The van der Waals surface area contributed by atoms with Crippen LogP contribution in [0.3, 0.4) is 0 Å². The van der Waals surface area contributed by atoms with Gasteiger partial charge in [0.2, 0.25) is 5.91 Å². The molecule has 0 radical (unpaired) electrons. The molecular weight excluding hydrogens is 212 g/mol. The summed E-state index contributed by atoms with van der Waals surface area (Å²) in [5, 5.41) is 3.33. The molecule has 3 aliphatic rings. The number of nitrogens with one attached hydrogen (secondary N) is 1. The van der Waals surface area contributed by atoms with Gasteiger partial charge in [0.1, 0.15) is 0 Å². The summed E-state index contributed by atoms with van der Waals surface area (Å²) in [5.41, 5.74) is 0.506. The molecule has 1 atom stereocenters. The van der Waals surface area contributed by atoms with Crippen molar-refractivity contribution in [2.45, 2.75) is 57.4 Å². The molecule has 0 aromatic heterocycles. The number of hydrogen-bond donors (Lipinski definition) is 1. The highest BCUT2D eigenvalue weighted by molar-refractivity contribution is 5.82. The van der Waals surface area contributed by atoms with Gasteiger partial charge in [-0.1, -0.05) is 19.3 Å². The van der Waals surface area contributed by atoms with Crippen LogP contribution in [0.25, 0.3) is 0 Å². The Balaban J connectivity index is 1.60. The average Bonchev–Trinajstić information content (AvgIpc) is 2.99. The fraction of sp³-hybridized carbons (Fsp3) is 0.929. The van der Waals surface area contributed by atoms with E-state index in [9.17, 15) is 4.79 Å². The first-order valence-electron chi connectivity index (χ1n) is 7.31. The Bertz CT molecular complexity index is 291. The molecule has 1 amide bonds. The first-order chi connectivity index (χ1) is 8.29. The number of rotatable bonds is 1. The number of amides is 1. The van der Waals surface area contributed by atoms with Crippen LogP contribution in [0.5, 0.6) is 0 Å². The van der Waals surface area contributed by atoms with Gasteiger partial charge in [-0.15, -0.1) is 0 Å². The van der Waals surface area contributed by atoms with Gasteiger partial charge in [0.25, 0.3) is 0 Å². The summed E-state index contributed by atoms with van der Waals surface area (Å²) in [5.74, 6) is 0.380. The minimum absolute atomic E-state index is 0.133. The maximum Gasteiger partial charge on any atom is 0.239 e. The molecule has 2 saturated heterocycles. The van der Waals surface area contributed by atoms with Crippen LogP contribution in [0, 0.1) is 5.41 Å². The van der Waals surface area contributed by atoms with Gasteiger partial charge in [-0.25, -0.2) is 0 Å². The molecule has 0 unspecified atom stereocenters. The Labute approximate surface area is 104 Å². The zero-order valence-corrected chi connectivity index (χ0v) is 10.7. The Morgan fingerprint density at radius 2 is 1.94 bits per heavy atom. The van der Waals surface area contributed by atoms with Crippen molar-refractivity contribution in [1.29, 1.82) is 0 Å². The van der Waals surface area contributed by atoms with E-state index in [0.29, 0.717) is 11.3 Å². The molecule has 3 fully saturated rings. The van der Waals surface area contributed by atoms with Gasteiger partial charge < -0.3 is 10.2 Å². The van der Waals surface area contributed by atoms with Gasteiger partial charge in [0.05, 0.1) is 6.04 Å². The van der Waals surface area contributed by atoms with E-state index in [1.807, 2.05) is 0 Å². The molecule has 0 aromatic rings. The first kappa shape index (κ1) is 11.5. The van der Waals surface area contributed by atoms with Gasteiger partial charge in [-0.3, -0.25) is 4.79 Å². The van der Waals surface area contributed by atoms with E-state index < -0.39 is 0 Å². The van der Waals surface area contributed by atoms with Gasteiger partial charge in [-0.2, -0.15) is 0 Å². The van der Waals surface area contributed by atoms with E-state index in [1.54, 1.807) is 0 Å². The monoisotopic (exact) mass is 236 g/mol. The molecule has 2 heterocycles. The summed E-state index contributed by atoms with van der Waals surface area (Å²) >= 11 is 0. The van der Waals surface area contributed by atoms with E-state index in [1.165, 1.54) is 38.5 Å². The molecule has 2 aliphatic heterocycles. The lowest BCUT2D eigenvalue weighted by Crippen LogP contribution is -2.43. The highest BCUT2D eigenvalue weighted by Gasteiger charge is 2.41. The molecule has 3 rings (SSSR count). The van der Waals surface area contributed by atoms with Crippen molar-refractivity contribution in [2.24, 2.45) is 5.41 Å². The lowest BCUT2D eigenvalue weighted by atomic mass is 9.73. The predicted octanol–water partition coefficient (Wildman–Crippen LogP) is 1.92. The maximum atomic E-state index is 12.3. The summed E-state index contributed by atoms with van der Waals surface area (Å²) in [6.07, 6.45) is 10.3. The summed E-state index contributed by atoms with van der Waals surface area (Å²) in [7, 11) is 0. The second-order valence-corrected chi connectivity index (χ2v) is 6.22. The van der Waals surface area contributed by atoms with Gasteiger partial charge in [0, 0.05) is 13.1 Å². The quantitative estimate of drug-likeness (QED) is 0.754. The largest absolute Gasteiger partial charge is 0.341 e. The second kappa shape index (κ2) is 4.60. The minimum Gasteiger partial charge on any atom is -0.341 e. The standard InChI is InChI=1S/C14H24N2O/c17-13(12-5-4-9-15-12)16-10-8-14(11-16)6-2-1-3-7-14/h12,15H,1-11H2/t12-/m0/s1. The van der Waals surface area contributed by atoms with Gasteiger partial charge in [0.15, 0.2) is 0 Å². The van der Waals surface area contributed by atoms with Crippen molar-refractivity contribution in [1.82, 2.24) is 10.2 Å². The fourth-order valence-electron chi connectivity index (χ4n) is 3.95. The highest BCUT2D eigenvalue weighted by Crippen LogP contribution is 2.43. The molecule has 17 heavy (non-hydrogen) atoms. The lowest BCUT2D eigenvalue weighted by Gasteiger charge is -2.33. The van der Waals surface area contributed by atoms with Crippen molar-refractivity contribution in [3.05, 3.63) is 0 Å². The summed E-state index contributed by atoms with van der Waals surface area (Å²) in [6, 6.07) is 0.133. The van der Waals surface area contributed by atoms with Crippen LogP contribution in [0.2, 0.25) is 0 Å². The van der Waals surface area contributed by atoms with Crippen molar-refractivity contribution >= 4 is 5.91 Å². The van der Waals surface area contributed by atoms with Crippen molar-refractivity contribution < 1.29 is 4.79 Å². The third-order valence-corrected chi connectivity index (χ3v) is 5.02. The second-order valence-electron chi connectivity index (χ2n) is 6.22. The molecule has 0 bridgehead atoms. The van der Waals surface area contributed by atoms with E-state index in [0.717, 1.165) is 32.5 Å². The van der Waals surface area contributed by atoms with Crippen molar-refractivity contribution in [3.8, 4) is 0 Å². The lowest BCUT2D eigenvalue weighted by molar-refractivity contribution is -0.132. The molecule has 1 N–H and O–H groups in total. The summed E-state index contributed by atoms with van der Waals surface area (Å²) in [6.45, 7) is 3.08. The first-order valence-corrected chi connectivity index (χ1v) is 7.31. The van der Waals surface area contributed by atoms with Crippen LogP contribution in [0.4, 0.5) is 0 Å². The zero-order valence-electron chi connectivity index (χ0n) is 10.7. The number of hydrogen-bond acceptors (Lipinski definition) is 2. The number of carbonyl (C=O) groups excluding carboxylic acids is 1. The third-order valence-electron chi connectivity index (χ3n) is 5.02. The van der Waals surface area contributed by atoms with Crippen LogP contribution in [-0.2, 0) is 4.79 Å². The summed E-state index contributed by atoms with van der Waals surface area (Å²) < 4.78 is 0. The topological polar surface area (TPSA) is 32.3 Å². The fourth-order valence-corrected chi connectivity index (χ4v) is 3.95. The Kier molecular flexibility index (Phi) is 3.12. The molecule has 1 saturated carbocycles. The third kappa shape index (κ3) is 2.22. The van der Waals surface area contributed by atoms with Crippen LogP contribution in [0.1, 0.15) is 51.4 Å². The van der Waals surface area contributed by atoms with Crippen molar-refractivity contribution in [2.75, 3.05) is 19.6 Å². The van der Waals surface area contributed by atoms with Crippen LogP contribution < -0.4 is 5.32 Å². The van der Waals surface area contributed by atoms with Crippen molar-refractivity contribution in [3.63, 3.8) is 0 Å². The molecule has 1 spiro atoms. The van der Waals surface area contributed by atoms with E-state index in [2.05, 4.69) is 10.2 Å². The van der Waals surface area contributed by atoms with Gasteiger partial charge >= 0.3 is 0 Å². The van der Waals surface area contributed by atoms with Crippen LogP contribution in [-0.4, -0.2) is 36.5 Å². The van der Waals surface area contributed by atoms with E-state index >= 15 is 0 Å². The van der Waals surface area contributed by atoms with E-state index in [-0.39, 0.29) is 6.04 Å². The minimum atomic E-state index is 0.133. The zero-order chi connectivity index (χ0) is 11.7. The normalized spacial score (nSPS) is 32.2. The SMILES string of the molecule is O=C([C@@H]1CCCN1)N1CCC2(CCCCC2)C1. The number of carbonyl (C=O) groups is 1. The predicted molar refractivity (Wildman–Crippen MR) is 67.7 cm³/mol. The molecule has 0 aromatic carbocycles. The Hall–Kier alpha value is -0.570. The molecule has 3 heteroatoms. The number of likely N-dealkylation sites (tertiary alicyclic amines) is 1. The maximum absolute atomic E-state index is 12.3. The smallest absolute Gasteiger partial charge is 0.239 e. The summed E-state index contributed by atoms with van der Waals surface area (Å²) in [4.78, 5) is 14.5. The molecule has 96 valence electrons. The number of nitrogens with zero attached hydrogens (tertiary/aromatic N) is 1. The van der Waals surface area contributed by atoms with Crippen LogP contribution >= 0.6 is 0 Å². The Morgan fingerprint density at radius 3 is 2.65 bits per heavy atom. The van der Waals surface area contributed by atoms with Gasteiger partial charge in [-0.05, 0) is 44.1 Å². The molecule has 1 aliphatic carbocycles. The highest BCUT2D eigenvalue weighted by atomic mass is 16.2. The van der Waals surface area contributed by atoms with Crippen LogP contribution in [0.15, 0.2) is 0 Å². The molecular formula is C14H24N2O. The van der Waals surface area contributed by atoms with E-state index in [4.69, 9.17) is 0 Å². The Morgan fingerprint density at radius 1 is 1.12 bits per heavy atom. The molecule has 3 nitrogen and oxygen atoms in total. The average molecular weight is 236 g/mol.